The fourth-order valence-corrected chi connectivity index (χ4v) is 2.51. The van der Waals surface area contributed by atoms with Crippen molar-refractivity contribution in [1.29, 1.82) is 0 Å². The van der Waals surface area contributed by atoms with Gasteiger partial charge in [-0.3, -0.25) is 9.59 Å². The summed E-state index contributed by atoms with van der Waals surface area (Å²) < 4.78 is 14.4. The molecular weight excluding hydrogens is 375 g/mol. The summed E-state index contributed by atoms with van der Waals surface area (Å²) in [6, 6.07) is 9.55. The van der Waals surface area contributed by atoms with E-state index >= 15 is 0 Å². The third kappa shape index (κ3) is 4.29. The van der Waals surface area contributed by atoms with Crippen molar-refractivity contribution in [3.63, 3.8) is 0 Å². The van der Waals surface area contributed by atoms with Crippen molar-refractivity contribution in [2.24, 2.45) is 0 Å². The van der Waals surface area contributed by atoms with E-state index in [4.69, 9.17) is 0 Å². The Kier molecular flexibility index (Phi) is 5.87. The van der Waals surface area contributed by atoms with Crippen LogP contribution in [-0.2, 0) is 4.79 Å². The monoisotopic (exact) mass is 390 g/mol. The number of hydrogen-bond acceptors (Lipinski definition) is 2. The van der Waals surface area contributed by atoms with Crippen LogP contribution in [0.5, 0.6) is 0 Å². The molecule has 0 saturated heterocycles. The zero-order valence-corrected chi connectivity index (χ0v) is 14.8. The molecule has 2 aromatic rings. The second-order valence-electron chi connectivity index (χ2n) is 5.05. The number of rotatable bonds is 4. The number of hydrogen-bond donors (Lipinski definition) is 2. The molecule has 0 atom stereocenters. The van der Waals surface area contributed by atoms with Crippen LogP contribution in [0.4, 0.5) is 10.1 Å². The van der Waals surface area contributed by atoms with Gasteiger partial charge < -0.3 is 10.6 Å². The maximum Gasteiger partial charge on any atom is 0.251 e. The molecule has 124 valence electrons. The van der Waals surface area contributed by atoms with Gasteiger partial charge in [-0.1, -0.05) is 22.0 Å². The Bertz CT molecular complexity index is 819. The van der Waals surface area contributed by atoms with Crippen molar-refractivity contribution in [3.05, 3.63) is 69.5 Å². The quantitative estimate of drug-likeness (QED) is 0.777. The van der Waals surface area contributed by atoms with Gasteiger partial charge in [-0.25, -0.2) is 4.39 Å². The van der Waals surface area contributed by atoms with Crippen molar-refractivity contribution in [2.75, 3.05) is 12.4 Å². The van der Waals surface area contributed by atoms with Crippen molar-refractivity contribution in [3.8, 4) is 0 Å². The van der Waals surface area contributed by atoms with Crippen molar-refractivity contribution >= 4 is 39.5 Å². The first-order chi connectivity index (χ1) is 11.4. The number of benzene rings is 2. The topological polar surface area (TPSA) is 58.2 Å². The number of halogens is 2. The normalized spacial score (nSPS) is 10.7. The second-order valence-corrected chi connectivity index (χ2v) is 5.96. The van der Waals surface area contributed by atoms with Gasteiger partial charge >= 0.3 is 0 Å². The Balaban J connectivity index is 2.17. The van der Waals surface area contributed by atoms with Gasteiger partial charge in [0.15, 0.2) is 0 Å². The van der Waals surface area contributed by atoms with E-state index in [-0.39, 0.29) is 5.91 Å². The van der Waals surface area contributed by atoms with Crippen LogP contribution in [0.25, 0.3) is 6.08 Å². The molecule has 4 nitrogen and oxygen atoms in total. The Morgan fingerprint density at radius 1 is 1.21 bits per heavy atom. The number of anilines is 1. The average Bonchev–Trinajstić information content (AvgIpc) is 2.57. The molecular formula is C18H16BrFN2O2. The molecule has 0 saturated carbocycles. The Labute approximate surface area is 147 Å². The number of carbonyl (C=O) groups excluding carboxylic acids is 2. The minimum atomic E-state index is -0.417. The predicted octanol–water partition coefficient (Wildman–Crippen LogP) is 3.91. The molecule has 0 aliphatic carbocycles. The minimum absolute atomic E-state index is 0.227. The zero-order valence-electron chi connectivity index (χ0n) is 13.2. The van der Waals surface area contributed by atoms with E-state index in [9.17, 15) is 14.0 Å². The highest BCUT2D eigenvalue weighted by Gasteiger charge is 2.11. The maximum absolute atomic E-state index is 13.6. The van der Waals surface area contributed by atoms with E-state index in [1.54, 1.807) is 44.3 Å². The summed E-state index contributed by atoms with van der Waals surface area (Å²) in [7, 11) is 1.54. The molecule has 0 aliphatic heterocycles. The molecule has 0 aliphatic rings. The minimum Gasteiger partial charge on any atom is -0.355 e. The molecule has 0 unspecified atom stereocenters. The molecule has 2 N–H and O–H groups in total. The fourth-order valence-electron chi connectivity index (χ4n) is 2.13. The van der Waals surface area contributed by atoms with Gasteiger partial charge in [0.2, 0.25) is 5.91 Å². The Morgan fingerprint density at radius 2 is 1.96 bits per heavy atom. The smallest absolute Gasteiger partial charge is 0.251 e. The molecule has 0 aromatic heterocycles. The maximum atomic E-state index is 13.6. The lowest BCUT2D eigenvalue weighted by Crippen LogP contribution is -2.20. The van der Waals surface area contributed by atoms with Crippen LogP contribution in [0.15, 0.2) is 46.9 Å². The summed E-state index contributed by atoms with van der Waals surface area (Å²) in [6.45, 7) is 1.75. The van der Waals surface area contributed by atoms with E-state index in [1.807, 2.05) is 0 Å². The van der Waals surface area contributed by atoms with E-state index in [0.29, 0.717) is 22.4 Å². The summed E-state index contributed by atoms with van der Waals surface area (Å²) in [5, 5.41) is 5.24. The lowest BCUT2D eigenvalue weighted by molar-refractivity contribution is -0.111. The Hall–Kier alpha value is -2.47. The second kappa shape index (κ2) is 7.88. The lowest BCUT2D eigenvalue weighted by Gasteiger charge is -2.10. The first-order valence-corrected chi connectivity index (χ1v) is 7.97. The molecule has 0 radical (unpaired) electrons. The summed E-state index contributed by atoms with van der Waals surface area (Å²) >= 11 is 3.26. The van der Waals surface area contributed by atoms with Crippen LogP contribution in [0, 0.1) is 12.7 Å². The summed E-state index contributed by atoms with van der Waals surface area (Å²) in [4.78, 5) is 23.8. The summed E-state index contributed by atoms with van der Waals surface area (Å²) in [6.07, 6.45) is 2.64. The molecule has 0 spiro atoms. The van der Waals surface area contributed by atoms with Crippen LogP contribution in [0.3, 0.4) is 0 Å². The van der Waals surface area contributed by atoms with Crippen LogP contribution >= 0.6 is 15.9 Å². The largest absolute Gasteiger partial charge is 0.355 e. The van der Waals surface area contributed by atoms with Gasteiger partial charge in [-0.15, -0.1) is 0 Å². The van der Waals surface area contributed by atoms with Crippen molar-refractivity contribution in [2.45, 2.75) is 6.92 Å². The van der Waals surface area contributed by atoms with E-state index in [1.165, 1.54) is 18.2 Å². The Morgan fingerprint density at radius 3 is 2.67 bits per heavy atom. The van der Waals surface area contributed by atoms with Gasteiger partial charge in [0, 0.05) is 34.4 Å². The van der Waals surface area contributed by atoms with E-state index < -0.39 is 11.7 Å². The first kappa shape index (κ1) is 17.9. The highest BCUT2D eigenvalue weighted by Crippen LogP contribution is 2.20. The van der Waals surface area contributed by atoms with Crippen LogP contribution in [0.2, 0.25) is 0 Å². The van der Waals surface area contributed by atoms with E-state index in [0.717, 1.165) is 4.47 Å². The highest BCUT2D eigenvalue weighted by molar-refractivity contribution is 9.10. The van der Waals surface area contributed by atoms with Gasteiger partial charge in [-0.2, -0.15) is 0 Å². The van der Waals surface area contributed by atoms with Crippen LogP contribution in [0.1, 0.15) is 21.5 Å². The van der Waals surface area contributed by atoms with Crippen molar-refractivity contribution in [1.82, 2.24) is 5.32 Å². The van der Waals surface area contributed by atoms with Crippen LogP contribution < -0.4 is 10.6 Å². The molecule has 2 aromatic carbocycles. The molecule has 0 heterocycles. The summed E-state index contributed by atoms with van der Waals surface area (Å²) in [5.41, 5.74) is 1.97. The number of carbonyl (C=O) groups is 2. The highest BCUT2D eigenvalue weighted by atomic mass is 79.9. The van der Waals surface area contributed by atoms with Gasteiger partial charge in [-0.05, 0) is 48.9 Å². The van der Waals surface area contributed by atoms with Gasteiger partial charge in [0.05, 0.1) is 0 Å². The van der Waals surface area contributed by atoms with Crippen molar-refractivity contribution < 1.29 is 14.0 Å². The lowest BCUT2D eigenvalue weighted by atomic mass is 10.1. The summed E-state index contributed by atoms with van der Waals surface area (Å²) in [5.74, 6) is -1.05. The SMILES string of the molecule is CNC(=O)c1cccc(NC(=O)/C=C/c2cc(Br)ccc2F)c1C. The molecule has 6 heteroatoms. The number of amides is 2. The fraction of sp³-hybridized carbons (Fsp3) is 0.111. The zero-order chi connectivity index (χ0) is 17.7. The van der Waals surface area contributed by atoms with Crippen LogP contribution in [-0.4, -0.2) is 18.9 Å². The number of nitrogens with one attached hydrogen (secondary N) is 2. The predicted molar refractivity (Wildman–Crippen MR) is 96.3 cm³/mol. The average molecular weight is 391 g/mol. The van der Waals surface area contributed by atoms with Gasteiger partial charge in [0.25, 0.3) is 5.91 Å². The first-order valence-electron chi connectivity index (χ1n) is 7.18. The van der Waals surface area contributed by atoms with E-state index in [2.05, 4.69) is 26.6 Å². The molecule has 2 amide bonds. The van der Waals surface area contributed by atoms with Gasteiger partial charge in [0.1, 0.15) is 5.82 Å². The molecule has 2 rings (SSSR count). The third-order valence-corrected chi connectivity index (χ3v) is 3.93. The third-order valence-electron chi connectivity index (χ3n) is 3.44. The standard InChI is InChI=1S/C18H16BrFN2O2/c1-11-14(18(24)21-2)4-3-5-16(11)22-17(23)9-6-12-10-13(19)7-8-15(12)20/h3-10H,1-2H3,(H,21,24)(H,22,23)/b9-6+. The molecule has 0 bridgehead atoms. The molecule has 0 fully saturated rings. The molecule has 24 heavy (non-hydrogen) atoms.